The Kier molecular flexibility index (Phi) is 4.23. The predicted molar refractivity (Wildman–Crippen MR) is 104 cm³/mol. The highest BCUT2D eigenvalue weighted by molar-refractivity contribution is 5.98. The van der Waals surface area contributed by atoms with Gasteiger partial charge in [-0.1, -0.05) is 50.2 Å². The molecule has 132 valence electrons. The Morgan fingerprint density at radius 3 is 2.54 bits per heavy atom. The molecule has 0 N–H and O–H groups in total. The van der Waals surface area contributed by atoms with Crippen molar-refractivity contribution in [2.24, 2.45) is 0 Å². The van der Waals surface area contributed by atoms with Crippen molar-refractivity contribution in [2.45, 2.75) is 45.4 Å². The van der Waals surface area contributed by atoms with Crippen molar-refractivity contribution in [3.05, 3.63) is 82.7 Å². The van der Waals surface area contributed by atoms with Gasteiger partial charge >= 0.3 is 0 Å². The summed E-state index contributed by atoms with van der Waals surface area (Å²) >= 11 is 0. The van der Waals surface area contributed by atoms with Gasteiger partial charge in [-0.3, -0.25) is 4.79 Å². The van der Waals surface area contributed by atoms with Crippen LogP contribution in [-0.2, 0) is 6.42 Å². The van der Waals surface area contributed by atoms with Crippen LogP contribution in [0.3, 0.4) is 0 Å². The lowest BCUT2D eigenvalue weighted by Crippen LogP contribution is -2.20. The van der Waals surface area contributed by atoms with Gasteiger partial charge in [-0.15, -0.1) is 0 Å². The molecule has 4 rings (SSSR count). The quantitative estimate of drug-likeness (QED) is 0.653. The summed E-state index contributed by atoms with van der Waals surface area (Å²) in [6.45, 7) is 6.47. The normalized spacial score (nSPS) is 16.8. The molecule has 0 fully saturated rings. The maximum absolute atomic E-state index is 12.7. The molecular formula is C23H24N2O. The van der Waals surface area contributed by atoms with E-state index in [1.165, 1.54) is 16.7 Å². The lowest BCUT2D eigenvalue weighted by Gasteiger charge is -2.23. The lowest BCUT2D eigenvalue weighted by atomic mass is 9.82. The molecule has 0 spiro atoms. The van der Waals surface area contributed by atoms with E-state index in [-0.39, 0.29) is 11.7 Å². The van der Waals surface area contributed by atoms with Crippen molar-refractivity contribution in [1.29, 1.82) is 0 Å². The standard InChI is InChI=1S/C23H24N2O/c1-15(2)17-7-9-18(10-8-17)19-12-22-21(23(26)13-19)14-24-25(22)20-6-4-5-16(3)11-20/h4-11,14-15,19H,12-13H2,1-3H3/t19-/m1/s1. The second-order valence-corrected chi connectivity index (χ2v) is 7.61. The maximum Gasteiger partial charge on any atom is 0.166 e. The molecule has 0 bridgehead atoms. The molecule has 0 unspecified atom stereocenters. The van der Waals surface area contributed by atoms with Crippen molar-refractivity contribution < 1.29 is 4.79 Å². The van der Waals surface area contributed by atoms with Crippen LogP contribution in [0.5, 0.6) is 0 Å². The van der Waals surface area contributed by atoms with Gasteiger partial charge in [0.25, 0.3) is 0 Å². The van der Waals surface area contributed by atoms with E-state index in [1.54, 1.807) is 6.20 Å². The van der Waals surface area contributed by atoms with Crippen molar-refractivity contribution in [3.8, 4) is 5.69 Å². The number of rotatable bonds is 3. The van der Waals surface area contributed by atoms with E-state index in [4.69, 9.17) is 0 Å². The first-order chi connectivity index (χ1) is 12.5. The fourth-order valence-electron chi connectivity index (χ4n) is 3.81. The van der Waals surface area contributed by atoms with E-state index >= 15 is 0 Å². The number of aryl methyl sites for hydroxylation is 1. The van der Waals surface area contributed by atoms with E-state index < -0.39 is 0 Å². The van der Waals surface area contributed by atoms with E-state index in [9.17, 15) is 4.79 Å². The molecule has 3 aromatic rings. The molecule has 1 aliphatic rings. The van der Waals surface area contributed by atoms with Crippen molar-refractivity contribution in [2.75, 3.05) is 0 Å². The van der Waals surface area contributed by atoms with Crippen LogP contribution in [0.2, 0.25) is 0 Å². The highest BCUT2D eigenvalue weighted by atomic mass is 16.1. The Balaban J connectivity index is 1.69. The molecule has 0 saturated carbocycles. The number of nitrogens with zero attached hydrogens (tertiary/aromatic N) is 2. The number of hydrogen-bond acceptors (Lipinski definition) is 2. The Morgan fingerprint density at radius 2 is 1.85 bits per heavy atom. The Labute approximate surface area is 154 Å². The summed E-state index contributed by atoms with van der Waals surface area (Å²) < 4.78 is 1.94. The van der Waals surface area contributed by atoms with Crippen molar-refractivity contribution >= 4 is 5.78 Å². The van der Waals surface area contributed by atoms with Crippen LogP contribution in [0.15, 0.2) is 54.7 Å². The molecule has 1 aliphatic carbocycles. The summed E-state index contributed by atoms with van der Waals surface area (Å²) in [7, 11) is 0. The molecule has 26 heavy (non-hydrogen) atoms. The van der Waals surface area contributed by atoms with E-state index in [1.807, 2.05) is 16.8 Å². The second kappa shape index (κ2) is 6.56. The van der Waals surface area contributed by atoms with Crippen molar-refractivity contribution in [3.63, 3.8) is 0 Å². The Bertz CT molecular complexity index is 951. The van der Waals surface area contributed by atoms with Gasteiger partial charge in [0.05, 0.1) is 23.1 Å². The number of fused-ring (bicyclic) bond motifs is 1. The van der Waals surface area contributed by atoms with Gasteiger partial charge in [0.1, 0.15) is 0 Å². The minimum absolute atomic E-state index is 0.197. The molecule has 0 radical (unpaired) electrons. The van der Waals surface area contributed by atoms with Crippen molar-refractivity contribution in [1.82, 2.24) is 9.78 Å². The zero-order chi connectivity index (χ0) is 18.3. The van der Waals surface area contributed by atoms with Crippen LogP contribution < -0.4 is 0 Å². The van der Waals surface area contributed by atoms with E-state index in [0.29, 0.717) is 12.3 Å². The molecule has 3 heteroatoms. The summed E-state index contributed by atoms with van der Waals surface area (Å²) in [6, 6.07) is 17.0. The molecule has 1 heterocycles. The van der Waals surface area contributed by atoms with Crippen LogP contribution >= 0.6 is 0 Å². The third-order valence-electron chi connectivity index (χ3n) is 5.36. The number of aromatic nitrogens is 2. The molecular weight excluding hydrogens is 320 g/mol. The zero-order valence-corrected chi connectivity index (χ0v) is 15.6. The van der Waals surface area contributed by atoms with Gasteiger partial charge in [0, 0.05) is 6.42 Å². The fourth-order valence-corrected chi connectivity index (χ4v) is 3.81. The average Bonchev–Trinajstić information content (AvgIpc) is 3.06. The van der Waals surface area contributed by atoms with Crippen LogP contribution in [-0.4, -0.2) is 15.6 Å². The smallest absolute Gasteiger partial charge is 0.166 e. The molecule has 0 saturated heterocycles. The zero-order valence-electron chi connectivity index (χ0n) is 15.6. The van der Waals surface area contributed by atoms with Gasteiger partial charge in [-0.05, 0) is 54.0 Å². The highest BCUT2D eigenvalue weighted by Crippen LogP contribution is 2.34. The fraction of sp³-hybridized carbons (Fsp3) is 0.304. The number of carbonyl (C=O) groups is 1. The lowest BCUT2D eigenvalue weighted by molar-refractivity contribution is 0.0963. The summed E-state index contributed by atoms with van der Waals surface area (Å²) in [4.78, 5) is 12.7. The highest BCUT2D eigenvalue weighted by Gasteiger charge is 2.30. The minimum atomic E-state index is 0.197. The number of benzene rings is 2. The molecule has 0 aliphatic heterocycles. The largest absolute Gasteiger partial charge is 0.294 e. The van der Waals surface area contributed by atoms with Crippen LogP contribution in [0.4, 0.5) is 0 Å². The summed E-state index contributed by atoms with van der Waals surface area (Å²) in [6.07, 6.45) is 3.14. The third-order valence-corrected chi connectivity index (χ3v) is 5.36. The molecule has 1 atom stereocenters. The first-order valence-electron chi connectivity index (χ1n) is 9.30. The van der Waals surface area contributed by atoms with Gasteiger partial charge in [0.2, 0.25) is 0 Å². The third kappa shape index (κ3) is 2.98. The second-order valence-electron chi connectivity index (χ2n) is 7.61. The molecule has 3 nitrogen and oxygen atoms in total. The Morgan fingerprint density at radius 1 is 1.08 bits per heavy atom. The van der Waals surface area contributed by atoms with Gasteiger partial charge in [0.15, 0.2) is 5.78 Å². The molecule has 1 aromatic heterocycles. The molecule has 2 aromatic carbocycles. The maximum atomic E-state index is 12.7. The predicted octanol–water partition coefficient (Wildman–Crippen LogP) is 5.22. The molecule has 0 amide bonds. The monoisotopic (exact) mass is 344 g/mol. The number of hydrogen-bond donors (Lipinski definition) is 0. The number of ketones is 1. The topological polar surface area (TPSA) is 34.9 Å². The minimum Gasteiger partial charge on any atom is -0.294 e. The first kappa shape index (κ1) is 16.8. The summed E-state index contributed by atoms with van der Waals surface area (Å²) in [5.74, 6) is 0.936. The summed E-state index contributed by atoms with van der Waals surface area (Å²) in [5, 5.41) is 4.52. The van der Waals surface area contributed by atoms with Crippen LogP contribution in [0.1, 0.15) is 64.8 Å². The number of Topliss-reactive ketones (excluding diaryl/α,β-unsaturated/α-hetero) is 1. The first-order valence-corrected chi connectivity index (χ1v) is 9.30. The van der Waals surface area contributed by atoms with Crippen LogP contribution in [0.25, 0.3) is 5.69 Å². The SMILES string of the molecule is Cc1cccc(-n2ncc3c2C[C@@H](c2ccc(C(C)C)cc2)CC3=O)c1. The Hall–Kier alpha value is -2.68. The van der Waals surface area contributed by atoms with E-state index in [0.717, 1.165) is 23.4 Å². The van der Waals surface area contributed by atoms with Gasteiger partial charge < -0.3 is 0 Å². The van der Waals surface area contributed by atoms with Crippen LogP contribution in [0, 0.1) is 6.92 Å². The number of carbonyl (C=O) groups excluding carboxylic acids is 1. The van der Waals surface area contributed by atoms with Gasteiger partial charge in [-0.25, -0.2) is 4.68 Å². The van der Waals surface area contributed by atoms with E-state index in [2.05, 4.69) is 62.3 Å². The van der Waals surface area contributed by atoms with Gasteiger partial charge in [-0.2, -0.15) is 5.10 Å². The summed E-state index contributed by atoms with van der Waals surface area (Å²) in [5.41, 5.74) is 6.60. The average molecular weight is 344 g/mol.